The number of carbonyl (C=O) groups excluding carboxylic acids is 1. The Morgan fingerprint density at radius 3 is 2.79 bits per heavy atom. The van der Waals surface area contributed by atoms with E-state index in [1.165, 1.54) is 19.1 Å². The van der Waals surface area contributed by atoms with Crippen molar-refractivity contribution >= 4 is 11.9 Å². The van der Waals surface area contributed by atoms with Gasteiger partial charge < -0.3 is 16.2 Å². The van der Waals surface area contributed by atoms with Crippen molar-refractivity contribution in [2.24, 2.45) is 22.4 Å². The second kappa shape index (κ2) is 5.39. The number of hydrogen-bond donors (Lipinski definition) is 2. The zero-order valence-electron chi connectivity index (χ0n) is 13.1. The second-order valence-corrected chi connectivity index (χ2v) is 6.44. The lowest BCUT2D eigenvalue weighted by Gasteiger charge is -2.48. The summed E-state index contributed by atoms with van der Waals surface area (Å²) in [5.74, 6) is -6.02. The van der Waals surface area contributed by atoms with Crippen LogP contribution in [0, 0.1) is 11.7 Å². The molecule has 1 aromatic carbocycles. The van der Waals surface area contributed by atoms with Crippen LogP contribution in [0.4, 0.5) is 13.2 Å². The van der Waals surface area contributed by atoms with Gasteiger partial charge in [-0.1, -0.05) is 0 Å². The average molecular weight is 341 g/mol. The molecule has 24 heavy (non-hydrogen) atoms. The molecule has 2 aliphatic rings. The number of nitrogens with two attached hydrogens (primary N) is 2. The average Bonchev–Trinajstić information content (AvgIpc) is 2.45. The van der Waals surface area contributed by atoms with Gasteiger partial charge in [-0.25, -0.2) is 18.2 Å². The number of fused-ring (bicyclic) bond motifs is 1. The molecule has 1 aliphatic carbocycles. The van der Waals surface area contributed by atoms with Crippen LogP contribution in [0.2, 0.25) is 0 Å². The zero-order valence-corrected chi connectivity index (χ0v) is 13.1. The topological polar surface area (TPSA) is 90.7 Å². The number of carbonyl (C=O) groups is 1. The zero-order chi connectivity index (χ0) is 17.7. The summed E-state index contributed by atoms with van der Waals surface area (Å²) in [5, 5.41) is 0. The molecule has 1 saturated carbocycles. The predicted molar refractivity (Wildman–Crippen MR) is 81.1 cm³/mol. The lowest BCUT2D eigenvalue weighted by molar-refractivity contribution is -0.163. The van der Waals surface area contributed by atoms with Crippen molar-refractivity contribution < 1.29 is 22.7 Å². The molecule has 0 aromatic heterocycles. The Bertz CT molecular complexity index is 723. The van der Waals surface area contributed by atoms with E-state index in [0.29, 0.717) is 6.42 Å². The first-order valence-corrected chi connectivity index (χ1v) is 7.65. The van der Waals surface area contributed by atoms with Crippen molar-refractivity contribution in [3.05, 3.63) is 35.1 Å². The maximum absolute atomic E-state index is 14.6. The Hall–Kier alpha value is -2.25. The standard InChI is InChI=1S/C16H18F3N3O2/c1-15(9-7-8(13(20)23)4-5-10(9)17)12-11(24-14(21)22-15)3-2-6-16(12,18)19/h4-5,7,11-12H,2-3,6H2,1H3,(H2,20,23)(H2,21,22)/t11-,12+,15-/m1/s1. The molecule has 1 aliphatic heterocycles. The number of aliphatic imine (C=N–C) groups is 1. The molecule has 130 valence electrons. The van der Waals surface area contributed by atoms with E-state index in [2.05, 4.69) is 4.99 Å². The molecule has 1 amide bonds. The fourth-order valence-electron chi connectivity index (χ4n) is 3.81. The van der Waals surface area contributed by atoms with Crippen LogP contribution >= 0.6 is 0 Å². The van der Waals surface area contributed by atoms with Gasteiger partial charge in [0.2, 0.25) is 5.91 Å². The maximum atomic E-state index is 14.6. The van der Waals surface area contributed by atoms with Crippen molar-refractivity contribution in [1.29, 1.82) is 0 Å². The van der Waals surface area contributed by atoms with Crippen LogP contribution in [0.15, 0.2) is 23.2 Å². The summed E-state index contributed by atoms with van der Waals surface area (Å²) in [7, 11) is 0. The summed E-state index contributed by atoms with van der Waals surface area (Å²) in [6.45, 7) is 1.39. The number of amidine groups is 1. The number of primary amides is 1. The van der Waals surface area contributed by atoms with E-state index in [4.69, 9.17) is 16.2 Å². The Morgan fingerprint density at radius 1 is 1.42 bits per heavy atom. The fourth-order valence-corrected chi connectivity index (χ4v) is 3.81. The minimum absolute atomic E-state index is 0.0172. The van der Waals surface area contributed by atoms with Crippen LogP contribution < -0.4 is 11.5 Å². The quantitative estimate of drug-likeness (QED) is 0.865. The maximum Gasteiger partial charge on any atom is 0.283 e. The van der Waals surface area contributed by atoms with Gasteiger partial charge in [0.15, 0.2) is 0 Å². The first-order chi connectivity index (χ1) is 11.1. The summed E-state index contributed by atoms with van der Waals surface area (Å²) < 4.78 is 49.0. The van der Waals surface area contributed by atoms with Crippen molar-refractivity contribution in [2.45, 2.75) is 43.8 Å². The predicted octanol–water partition coefficient (Wildman–Crippen LogP) is 2.29. The smallest absolute Gasteiger partial charge is 0.283 e. The summed E-state index contributed by atoms with van der Waals surface area (Å²) in [5.41, 5.74) is 9.10. The molecule has 0 unspecified atom stereocenters. The van der Waals surface area contributed by atoms with Crippen LogP contribution in [0.25, 0.3) is 0 Å². The third kappa shape index (κ3) is 2.50. The molecular formula is C16H18F3N3O2. The molecule has 3 rings (SSSR count). The van der Waals surface area contributed by atoms with Gasteiger partial charge in [0, 0.05) is 17.5 Å². The number of nitrogens with zero attached hydrogens (tertiary/aromatic N) is 1. The summed E-state index contributed by atoms with van der Waals surface area (Å²) in [4.78, 5) is 15.4. The summed E-state index contributed by atoms with van der Waals surface area (Å²) >= 11 is 0. The van der Waals surface area contributed by atoms with Gasteiger partial charge in [0.1, 0.15) is 17.5 Å². The molecule has 8 heteroatoms. The molecule has 0 saturated heterocycles. The highest BCUT2D eigenvalue weighted by molar-refractivity contribution is 5.93. The molecule has 0 spiro atoms. The second-order valence-electron chi connectivity index (χ2n) is 6.44. The Labute approximate surface area is 136 Å². The molecule has 1 aromatic rings. The minimum Gasteiger partial charge on any atom is -0.461 e. The number of halogens is 3. The molecular weight excluding hydrogens is 323 g/mol. The van der Waals surface area contributed by atoms with Gasteiger partial charge in [0.05, 0.1) is 5.92 Å². The van der Waals surface area contributed by atoms with E-state index in [1.807, 2.05) is 0 Å². The van der Waals surface area contributed by atoms with Crippen LogP contribution in [0.1, 0.15) is 42.1 Å². The number of ether oxygens (including phenoxy) is 1. The van der Waals surface area contributed by atoms with Crippen LogP contribution in [0.3, 0.4) is 0 Å². The highest BCUT2D eigenvalue weighted by atomic mass is 19.3. The summed E-state index contributed by atoms with van der Waals surface area (Å²) in [6.07, 6.45) is -0.544. The highest BCUT2D eigenvalue weighted by Crippen LogP contribution is 2.53. The lowest BCUT2D eigenvalue weighted by Crippen LogP contribution is -2.57. The normalized spacial score (nSPS) is 31.6. The van der Waals surface area contributed by atoms with E-state index < -0.39 is 35.2 Å². The number of alkyl halides is 2. The van der Waals surface area contributed by atoms with Gasteiger partial charge in [0.25, 0.3) is 11.9 Å². The van der Waals surface area contributed by atoms with E-state index in [-0.39, 0.29) is 30.0 Å². The minimum atomic E-state index is -3.10. The fraction of sp³-hybridized carbons (Fsp3) is 0.500. The number of hydrogen-bond acceptors (Lipinski definition) is 4. The number of rotatable bonds is 2. The van der Waals surface area contributed by atoms with Crippen LogP contribution in [0.5, 0.6) is 0 Å². The Balaban J connectivity index is 2.20. The molecule has 5 nitrogen and oxygen atoms in total. The van der Waals surface area contributed by atoms with E-state index in [9.17, 15) is 18.0 Å². The largest absolute Gasteiger partial charge is 0.461 e. The first kappa shape index (κ1) is 16.6. The van der Waals surface area contributed by atoms with Gasteiger partial charge in [-0.2, -0.15) is 0 Å². The van der Waals surface area contributed by atoms with Gasteiger partial charge in [-0.15, -0.1) is 0 Å². The van der Waals surface area contributed by atoms with Crippen molar-refractivity contribution in [2.75, 3.05) is 0 Å². The van der Waals surface area contributed by atoms with Crippen LogP contribution in [-0.4, -0.2) is 24.0 Å². The summed E-state index contributed by atoms with van der Waals surface area (Å²) in [6, 6.07) is 3.13. The molecule has 4 N–H and O–H groups in total. The monoisotopic (exact) mass is 341 g/mol. The third-order valence-corrected chi connectivity index (χ3v) is 4.84. The van der Waals surface area contributed by atoms with Crippen LogP contribution in [-0.2, 0) is 10.3 Å². The van der Waals surface area contributed by atoms with Crippen molar-refractivity contribution in [1.82, 2.24) is 0 Å². The van der Waals surface area contributed by atoms with E-state index in [0.717, 1.165) is 6.07 Å². The number of benzene rings is 1. The first-order valence-electron chi connectivity index (χ1n) is 7.65. The lowest BCUT2D eigenvalue weighted by atomic mass is 9.67. The van der Waals surface area contributed by atoms with E-state index >= 15 is 0 Å². The Kier molecular flexibility index (Phi) is 3.73. The molecule has 0 radical (unpaired) electrons. The van der Waals surface area contributed by atoms with Crippen molar-refractivity contribution in [3.63, 3.8) is 0 Å². The van der Waals surface area contributed by atoms with Gasteiger partial charge in [-0.05, 0) is 38.0 Å². The molecule has 1 fully saturated rings. The van der Waals surface area contributed by atoms with Gasteiger partial charge >= 0.3 is 0 Å². The molecule has 0 bridgehead atoms. The third-order valence-electron chi connectivity index (χ3n) is 4.84. The molecule has 1 heterocycles. The van der Waals surface area contributed by atoms with E-state index in [1.54, 1.807) is 0 Å². The Morgan fingerprint density at radius 2 is 2.12 bits per heavy atom. The SMILES string of the molecule is C[C@]1(c2cc(C(N)=O)ccc2F)N=C(N)O[C@@H]2CCCC(F)(F)[C@@H]21. The van der Waals surface area contributed by atoms with Crippen molar-refractivity contribution in [3.8, 4) is 0 Å². The molecule has 3 atom stereocenters. The number of amides is 1. The van der Waals surface area contributed by atoms with Gasteiger partial charge in [-0.3, -0.25) is 4.79 Å². The highest BCUT2D eigenvalue weighted by Gasteiger charge is 2.60.